The van der Waals surface area contributed by atoms with Crippen molar-refractivity contribution in [2.75, 3.05) is 12.4 Å². The Kier molecular flexibility index (Phi) is 7.22. The number of para-hydroxylation sites is 2. The highest BCUT2D eigenvalue weighted by Gasteiger charge is 2.33. The molecule has 7 nitrogen and oxygen atoms in total. The molecule has 210 valence electrons. The van der Waals surface area contributed by atoms with Crippen LogP contribution in [-0.2, 0) is 4.79 Å². The second kappa shape index (κ2) is 11.1. The van der Waals surface area contributed by atoms with E-state index in [9.17, 15) is 9.59 Å². The van der Waals surface area contributed by atoms with Crippen molar-refractivity contribution in [3.63, 3.8) is 0 Å². The van der Waals surface area contributed by atoms with Crippen LogP contribution in [0.1, 0.15) is 35.5 Å². The summed E-state index contributed by atoms with van der Waals surface area (Å²) in [6.07, 6.45) is 1.93. The largest absolute Gasteiger partial charge is 0.497 e. The smallest absolute Gasteiger partial charge is 0.271 e. The summed E-state index contributed by atoms with van der Waals surface area (Å²) in [7, 11) is 1.60. The lowest BCUT2D eigenvalue weighted by atomic mass is 9.95. The van der Waals surface area contributed by atoms with Crippen LogP contribution in [0, 0.1) is 13.8 Å². The first-order valence-corrected chi connectivity index (χ1v) is 14.4. The third-order valence-corrected chi connectivity index (χ3v) is 8.46. The van der Waals surface area contributed by atoms with Crippen LogP contribution in [0.5, 0.6) is 5.75 Å². The topological polar surface area (TPSA) is 77.6 Å². The number of methoxy groups -OCH3 is 1. The van der Waals surface area contributed by atoms with Gasteiger partial charge >= 0.3 is 0 Å². The Morgan fingerprint density at radius 1 is 0.952 bits per heavy atom. The maximum atomic E-state index is 14.2. The molecule has 8 heteroatoms. The molecule has 1 N–H and O–H groups in total. The van der Waals surface area contributed by atoms with Crippen LogP contribution >= 0.6 is 11.3 Å². The van der Waals surface area contributed by atoms with Gasteiger partial charge in [0.1, 0.15) is 5.75 Å². The standard InChI is InChI=1S/C34H30N4O3S/c1-21-18-25(23(3)37(21)27-15-9-6-10-16-27)20-29-33(40)38-31(24-12-11-17-28(19-24)41-4)30(22(2)35-34(38)42-29)32(39)36-26-13-7-5-8-14-26/h5-20,31H,1-4H3,(H,36,39)/b29-20-/t31-/m0/s1. The van der Waals surface area contributed by atoms with Crippen molar-refractivity contribution in [1.29, 1.82) is 0 Å². The molecule has 1 aliphatic heterocycles. The van der Waals surface area contributed by atoms with Crippen molar-refractivity contribution >= 4 is 29.0 Å². The van der Waals surface area contributed by atoms with Crippen molar-refractivity contribution in [3.05, 3.63) is 144 Å². The summed E-state index contributed by atoms with van der Waals surface area (Å²) in [5, 5.41) is 2.99. The van der Waals surface area contributed by atoms with E-state index in [1.807, 2.05) is 85.8 Å². The molecule has 6 rings (SSSR count). The van der Waals surface area contributed by atoms with Gasteiger partial charge in [0, 0.05) is 22.8 Å². The van der Waals surface area contributed by atoms with E-state index in [1.54, 1.807) is 11.7 Å². The second-order valence-electron chi connectivity index (χ2n) is 10.2. The molecule has 0 bridgehead atoms. The van der Waals surface area contributed by atoms with Gasteiger partial charge in [0.05, 0.1) is 29.0 Å². The second-order valence-corrected chi connectivity index (χ2v) is 11.2. The number of carbonyl (C=O) groups is 1. The first kappa shape index (κ1) is 27.2. The first-order valence-electron chi connectivity index (χ1n) is 13.6. The third-order valence-electron chi connectivity index (χ3n) is 7.48. The summed E-state index contributed by atoms with van der Waals surface area (Å²) in [5.41, 5.74) is 6.33. The Hall–Kier alpha value is -4.95. The lowest BCUT2D eigenvalue weighted by Gasteiger charge is -2.25. The van der Waals surface area contributed by atoms with Gasteiger partial charge in [0.25, 0.3) is 11.5 Å². The van der Waals surface area contributed by atoms with Crippen LogP contribution < -0.4 is 24.9 Å². The number of benzene rings is 3. The highest BCUT2D eigenvalue weighted by atomic mass is 32.1. The number of aryl methyl sites for hydroxylation is 1. The van der Waals surface area contributed by atoms with E-state index < -0.39 is 6.04 Å². The molecule has 0 aliphatic carbocycles. The van der Waals surface area contributed by atoms with E-state index in [1.165, 1.54) is 11.3 Å². The van der Waals surface area contributed by atoms with E-state index in [0.717, 1.165) is 28.2 Å². The molecule has 2 aromatic heterocycles. The molecule has 1 atom stereocenters. The number of hydrogen-bond acceptors (Lipinski definition) is 5. The fourth-order valence-electron chi connectivity index (χ4n) is 5.51. The Balaban J connectivity index is 1.51. The fourth-order valence-corrected chi connectivity index (χ4v) is 6.55. The van der Waals surface area contributed by atoms with Crippen molar-refractivity contribution in [3.8, 4) is 11.4 Å². The maximum absolute atomic E-state index is 14.2. The number of thiazole rings is 1. The van der Waals surface area contributed by atoms with E-state index in [0.29, 0.717) is 32.0 Å². The monoisotopic (exact) mass is 574 g/mol. The fraction of sp³-hybridized carbons (Fsp3) is 0.147. The highest BCUT2D eigenvalue weighted by molar-refractivity contribution is 7.07. The molecule has 0 saturated carbocycles. The Morgan fingerprint density at radius 2 is 1.67 bits per heavy atom. The number of hydrogen-bond donors (Lipinski definition) is 1. The van der Waals surface area contributed by atoms with Gasteiger partial charge in [-0.1, -0.05) is 59.9 Å². The number of fused-ring (bicyclic) bond motifs is 1. The number of carbonyl (C=O) groups excluding carboxylic acids is 1. The molecule has 0 radical (unpaired) electrons. The molecule has 0 fully saturated rings. The van der Waals surface area contributed by atoms with Gasteiger partial charge in [-0.05, 0) is 80.4 Å². The third kappa shape index (κ3) is 4.90. The number of nitrogens with zero attached hydrogens (tertiary/aromatic N) is 3. The number of nitrogens with one attached hydrogen (secondary N) is 1. The molecule has 0 unspecified atom stereocenters. The lowest BCUT2D eigenvalue weighted by molar-refractivity contribution is -0.113. The molecular weight excluding hydrogens is 544 g/mol. The Bertz CT molecular complexity index is 2020. The zero-order valence-corrected chi connectivity index (χ0v) is 24.6. The summed E-state index contributed by atoms with van der Waals surface area (Å²) in [5.74, 6) is 0.330. The number of aromatic nitrogens is 2. The first-order chi connectivity index (χ1) is 20.4. The SMILES string of the molecule is COc1cccc([C@H]2C(C(=O)Nc3ccccc3)=C(C)N=c3s/c(=C\c4cc(C)n(-c5ccccc5)c4C)c(=O)n32)c1. The van der Waals surface area contributed by atoms with Gasteiger partial charge in [0.15, 0.2) is 4.80 Å². The average molecular weight is 575 g/mol. The summed E-state index contributed by atoms with van der Waals surface area (Å²) < 4.78 is 9.86. The molecular formula is C34H30N4O3S. The van der Waals surface area contributed by atoms with Crippen molar-refractivity contribution < 1.29 is 9.53 Å². The van der Waals surface area contributed by atoms with E-state index in [4.69, 9.17) is 9.73 Å². The van der Waals surface area contributed by atoms with Crippen LogP contribution in [0.4, 0.5) is 5.69 Å². The molecule has 1 amide bonds. The number of amides is 1. The zero-order valence-electron chi connectivity index (χ0n) is 23.8. The molecule has 5 aromatic rings. The number of ether oxygens (including phenoxy) is 1. The highest BCUT2D eigenvalue weighted by Crippen LogP contribution is 2.32. The minimum absolute atomic E-state index is 0.200. The molecule has 1 aliphatic rings. The van der Waals surface area contributed by atoms with Crippen LogP contribution in [0.3, 0.4) is 0 Å². The van der Waals surface area contributed by atoms with Crippen molar-refractivity contribution in [2.24, 2.45) is 4.99 Å². The van der Waals surface area contributed by atoms with Gasteiger partial charge in [-0.25, -0.2) is 4.99 Å². The number of allylic oxidation sites excluding steroid dienone is 1. The van der Waals surface area contributed by atoms with Crippen LogP contribution in [0.15, 0.2) is 112 Å². The summed E-state index contributed by atoms with van der Waals surface area (Å²) in [6.45, 7) is 5.93. The molecule has 0 saturated heterocycles. The van der Waals surface area contributed by atoms with E-state index in [2.05, 4.69) is 41.9 Å². The van der Waals surface area contributed by atoms with E-state index >= 15 is 0 Å². The maximum Gasteiger partial charge on any atom is 0.271 e. The van der Waals surface area contributed by atoms with Gasteiger partial charge < -0.3 is 14.6 Å². The van der Waals surface area contributed by atoms with Gasteiger partial charge in [-0.2, -0.15) is 0 Å². The van der Waals surface area contributed by atoms with Gasteiger partial charge in [-0.3, -0.25) is 14.2 Å². The van der Waals surface area contributed by atoms with Gasteiger partial charge in [-0.15, -0.1) is 0 Å². The quantitative estimate of drug-likeness (QED) is 0.299. The van der Waals surface area contributed by atoms with Crippen LogP contribution in [0.2, 0.25) is 0 Å². The predicted octanol–water partition coefficient (Wildman–Crippen LogP) is 5.29. The van der Waals surface area contributed by atoms with Crippen LogP contribution in [0.25, 0.3) is 11.8 Å². The van der Waals surface area contributed by atoms with Crippen molar-refractivity contribution in [2.45, 2.75) is 26.8 Å². The zero-order chi connectivity index (χ0) is 29.4. The summed E-state index contributed by atoms with van der Waals surface area (Å²) in [6, 6.07) is 28.3. The predicted molar refractivity (Wildman–Crippen MR) is 167 cm³/mol. The Morgan fingerprint density at radius 3 is 2.38 bits per heavy atom. The summed E-state index contributed by atoms with van der Waals surface area (Å²) in [4.78, 5) is 33.2. The lowest BCUT2D eigenvalue weighted by Crippen LogP contribution is -2.40. The van der Waals surface area contributed by atoms with E-state index in [-0.39, 0.29) is 11.5 Å². The Labute approximate surface area is 247 Å². The molecule has 42 heavy (non-hydrogen) atoms. The molecule has 3 aromatic carbocycles. The average Bonchev–Trinajstić information content (AvgIpc) is 3.46. The minimum Gasteiger partial charge on any atom is -0.497 e. The normalized spacial score (nSPS) is 14.9. The minimum atomic E-state index is -0.682. The molecule has 0 spiro atoms. The van der Waals surface area contributed by atoms with Crippen LogP contribution in [-0.4, -0.2) is 22.2 Å². The number of rotatable bonds is 6. The van der Waals surface area contributed by atoms with Gasteiger partial charge in [0.2, 0.25) is 0 Å². The van der Waals surface area contributed by atoms with Crippen molar-refractivity contribution in [1.82, 2.24) is 9.13 Å². The molecule has 3 heterocycles. The summed E-state index contributed by atoms with van der Waals surface area (Å²) >= 11 is 1.33. The number of anilines is 1.